The standard InChI is InChI=1S/C20H26ClNO4/c1-8-25-22-17(23)15(13-10-9-12(2)11-14(13)21)16(20(22,6)7)26-18(24)19(3,4)5/h9-11H,8H2,1-7H3. The van der Waals surface area contributed by atoms with Gasteiger partial charge in [0.05, 0.1) is 17.6 Å². The van der Waals surface area contributed by atoms with E-state index in [1.54, 1.807) is 53.7 Å². The molecule has 0 saturated carbocycles. The Morgan fingerprint density at radius 3 is 2.38 bits per heavy atom. The first-order chi connectivity index (χ1) is 11.9. The average Bonchev–Trinajstić information content (AvgIpc) is 2.68. The lowest BCUT2D eigenvalue weighted by Crippen LogP contribution is -2.44. The number of aryl methyl sites for hydroxylation is 1. The van der Waals surface area contributed by atoms with Gasteiger partial charge in [0, 0.05) is 10.6 Å². The van der Waals surface area contributed by atoms with Crippen molar-refractivity contribution in [2.75, 3.05) is 6.61 Å². The minimum absolute atomic E-state index is 0.252. The Morgan fingerprint density at radius 2 is 1.88 bits per heavy atom. The van der Waals surface area contributed by atoms with Gasteiger partial charge in [0.2, 0.25) is 0 Å². The van der Waals surface area contributed by atoms with Crippen LogP contribution in [0.15, 0.2) is 24.0 Å². The summed E-state index contributed by atoms with van der Waals surface area (Å²) in [6.07, 6.45) is 0. The van der Waals surface area contributed by atoms with Crippen molar-refractivity contribution in [1.82, 2.24) is 5.06 Å². The van der Waals surface area contributed by atoms with E-state index in [9.17, 15) is 9.59 Å². The molecule has 0 saturated heterocycles. The van der Waals surface area contributed by atoms with Crippen LogP contribution in [0.25, 0.3) is 5.57 Å². The van der Waals surface area contributed by atoms with Crippen molar-refractivity contribution >= 4 is 29.1 Å². The van der Waals surface area contributed by atoms with Crippen LogP contribution in [0.1, 0.15) is 52.7 Å². The van der Waals surface area contributed by atoms with Gasteiger partial charge in [0.1, 0.15) is 11.3 Å². The van der Waals surface area contributed by atoms with Crippen LogP contribution in [0.5, 0.6) is 0 Å². The Hall–Kier alpha value is -1.85. The molecule has 0 N–H and O–H groups in total. The molecule has 1 aromatic carbocycles. The van der Waals surface area contributed by atoms with Crippen LogP contribution in [0, 0.1) is 12.3 Å². The second-order valence-corrected chi connectivity index (χ2v) is 8.31. The molecule has 142 valence electrons. The number of carbonyl (C=O) groups excluding carboxylic acids is 2. The summed E-state index contributed by atoms with van der Waals surface area (Å²) in [5.74, 6) is -0.548. The fourth-order valence-electron chi connectivity index (χ4n) is 2.68. The number of carbonyl (C=O) groups is 2. The van der Waals surface area contributed by atoms with Gasteiger partial charge in [-0.2, -0.15) is 0 Å². The number of nitrogens with zero attached hydrogens (tertiary/aromatic N) is 1. The highest BCUT2D eigenvalue weighted by Crippen LogP contribution is 2.43. The predicted octanol–water partition coefficient (Wildman–Crippen LogP) is 4.52. The number of ether oxygens (including phenoxy) is 1. The second kappa shape index (κ2) is 7.05. The van der Waals surface area contributed by atoms with Crippen molar-refractivity contribution < 1.29 is 19.2 Å². The van der Waals surface area contributed by atoms with Gasteiger partial charge in [-0.1, -0.05) is 23.7 Å². The molecule has 1 amide bonds. The number of hydrogen-bond acceptors (Lipinski definition) is 4. The average molecular weight is 380 g/mol. The van der Waals surface area contributed by atoms with E-state index < -0.39 is 16.9 Å². The third-order valence-electron chi connectivity index (χ3n) is 4.15. The van der Waals surface area contributed by atoms with E-state index in [0.29, 0.717) is 17.2 Å². The Labute approximate surface area is 159 Å². The molecule has 0 radical (unpaired) electrons. The van der Waals surface area contributed by atoms with Crippen molar-refractivity contribution in [3.05, 3.63) is 40.1 Å². The van der Waals surface area contributed by atoms with Gasteiger partial charge in [-0.05, 0) is 60.1 Å². The van der Waals surface area contributed by atoms with Crippen LogP contribution >= 0.6 is 11.6 Å². The van der Waals surface area contributed by atoms with E-state index in [0.717, 1.165) is 5.56 Å². The molecule has 0 aliphatic carbocycles. The minimum atomic E-state index is -0.947. The van der Waals surface area contributed by atoms with Crippen LogP contribution in [0.2, 0.25) is 5.02 Å². The van der Waals surface area contributed by atoms with E-state index in [1.165, 1.54) is 5.06 Å². The number of hydrogen-bond donors (Lipinski definition) is 0. The molecule has 5 nitrogen and oxygen atoms in total. The van der Waals surface area contributed by atoms with Gasteiger partial charge < -0.3 is 4.74 Å². The van der Waals surface area contributed by atoms with Crippen LogP contribution in [0.4, 0.5) is 0 Å². The number of halogens is 1. The largest absolute Gasteiger partial charge is 0.427 e. The van der Waals surface area contributed by atoms with Crippen molar-refractivity contribution in [1.29, 1.82) is 0 Å². The Morgan fingerprint density at radius 1 is 1.27 bits per heavy atom. The first-order valence-corrected chi connectivity index (χ1v) is 9.00. The summed E-state index contributed by atoms with van der Waals surface area (Å²) in [6, 6.07) is 5.40. The molecule has 6 heteroatoms. The van der Waals surface area contributed by atoms with Crippen LogP contribution < -0.4 is 0 Å². The summed E-state index contributed by atoms with van der Waals surface area (Å²) in [7, 11) is 0. The molecule has 26 heavy (non-hydrogen) atoms. The molecule has 1 heterocycles. The summed E-state index contributed by atoms with van der Waals surface area (Å²) in [5, 5.41) is 1.68. The third kappa shape index (κ3) is 3.64. The summed E-state index contributed by atoms with van der Waals surface area (Å²) >= 11 is 6.40. The highest BCUT2D eigenvalue weighted by Gasteiger charge is 2.50. The normalized spacial score (nSPS) is 17.1. The molecule has 0 aromatic heterocycles. The zero-order valence-corrected chi connectivity index (χ0v) is 17.2. The van der Waals surface area contributed by atoms with Gasteiger partial charge in [0.25, 0.3) is 5.91 Å². The molecule has 1 aromatic rings. The summed E-state index contributed by atoms with van der Waals surface area (Å²) in [6.45, 7) is 12.9. The number of rotatable bonds is 4. The third-order valence-corrected chi connectivity index (χ3v) is 4.46. The Kier molecular flexibility index (Phi) is 5.54. The van der Waals surface area contributed by atoms with Gasteiger partial charge in [-0.25, -0.2) is 5.06 Å². The molecule has 1 aliphatic heterocycles. The number of benzene rings is 1. The topological polar surface area (TPSA) is 55.8 Å². The first kappa shape index (κ1) is 20.5. The van der Waals surface area contributed by atoms with Crippen molar-refractivity contribution in [3.63, 3.8) is 0 Å². The number of hydroxylamine groups is 2. The van der Waals surface area contributed by atoms with Crippen LogP contribution in [-0.2, 0) is 19.2 Å². The molecule has 0 unspecified atom stereocenters. The minimum Gasteiger partial charge on any atom is -0.427 e. The zero-order valence-electron chi connectivity index (χ0n) is 16.4. The quantitative estimate of drug-likeness (QED) is 0.721. The second-order valence-electron chi connectivity index (χ2n) is 7.90. The Balaban J connectivity index is 2.66. The highest BCUT2D eigenvalue weighted by molar-refractivity contribution is 6.35. The molecule has 1 aliphatic rings. The predicted molar refractivity (Wildman–Crippen MR) is 101 cm³/mol. The maximum Gasteiger partial charge on any atom is 0.316 e. The molecule has 0 bridgehead atoms. The van der Waals surface area contributed by atoms with Gasteiger partial charge >= 0.3 is 5.97 Å². The van der Waals surface area contributed by atoms with E-state index in [4.69, 9.17) is 21.2 Å². The maximum atomic E-state index is 13.1. The summed E-state index contributed by atoms with van der Waals surface area (Å²) in [4.78, 5) is 31.2. The lowest BCUT2D eigenvalue weighted by atomic mass is 9.95. The first-order valence-electron chi connectivity index (χ1n) is 8.62. The van der Waals surface area contributed by atoms with Crippen molar-refractivity contribution in [2.45, 2.75) is 54.0 Å². The molecule has 2 rings (SSSR count). The fourth-order valence-corrected chi connectivity index (χ4v) is 3.01. The van der Waals surface area contributed by atoms with Crippen LogP contribution in [0.3, 0.4) is 0 Å². The monoisotopic (exact) mass is 379 g/mol. The van der Waals surface area contributed by atoms with E-state index >= 15 is 0 Å². The van der Waals surface area contributed by atoms with Crippen molar-refractivity contribution in [2.24, 2.45) is 5.41 Å². The fraction of sp³-hybridized carbons (Fsp3) is 0.500. The molecular weight excluding hydrogens is 354 g/mol. The number of esters is 1. The maximum absolute atomic E-state index is 13.1. The van der Waals surface area contributed by atoms with Crippen molar-refractivity contribution in [3.8, 4) is 0 Å². The zero-order chi connectivity index (χ0) is 19.9. The van der Waals surface area contributed by atoms with E-state index in [1.807, 2.05) is 13.0 Å². The number of amides is 1. The van der Waals surface area contributed by atoms with E-state index in [-0.39, 0.29) is 17.2 Å². The molecule has 0 fully saturated rings. The van der Waals surface area contributed by atoms with Gasteiger partial charge in [-0.3, -0.25) is 14.4 Å². The molecular formula is C20H26ClNO4. The van der Waals surface area contributed by atoms with Crippen LogP contribution in [-0.4, -0.2) is 29.1 Å². The molecule has 0 spiro atoms. The Bertz CT molecular complexity index is 775. The highest BCUT2D eigenvalue weighted by atomic mass is 35.5. The summed E-state index contributed by atoms with van der Waals surface area (Å²) in [5.41, 5.74) is 0.0875. The van der Waals surface area contributed by atoms with E-state index in [2.05, 4.69) is 0 Å². The lowest BCUT2D eigenvalue weighted by molar-refractivity contribution is -0.203. The molecule has 0 atom stereocenters. The lowest BCUT2D eigenvalue weighted by Gasteiger charge is -2.32. The smallest absolute Gasteiger partial charge is 0.316 e. The van der Waals surface area contributed by atoms with Gasteiger partial charge in [-0.15, -0.1) is 0 Å². The summed E-state index contributed by atoms with van der Waals surface area (Å²) < 4.78 is 5.73. The van der Waals surface area contributed by atoms with Gasteiger partial charge in [0.15, 0.2) is 0 Å². The SMILES string of the molecule is CCON1C(=O)C(c2ccc(C)cc2Cl)=C(OC(=O)C(C)(C)C)C1(C)C.